The first-order chi connectivity index (χ1) is 10.7. The minimum atomic E-state index is -3.00. The SMILES string of the molecule is C[C@H]1C[C@@]2(CCN1C(=O)O)OCC(O)(C(F)F)c1cc(Cl)sc12. The zero-order valence-electron chi connectivity index (χ0n) is 12.3. The molecule has 128 valence electrons. The highest BCUT2D eigenvalue weighted by Gasteiger charge is 2.55. The van der Waals surface area contributed by atoms with E-state index in [1.54, 1.807) is 6.92 Å². The Morgan fingerprint density at radius 1 is 1.61 bits per heavy atom. The molecule has 1 aromatic heterocycles. The van der Waals surface area contributed by atoms with Crippen molar-refractivity contribution in [2.45, 2.75) is 43.4 Å². The Bertz CT molecular complexity index is 642. The van der Waals surface area contributed by atoms with Crippen LogP contribution in [0.3, 0.4) is 0 Å². The molecule has 2 N–H and O–H groups in total. The van der Waals surface area contributed by atoms with Gasteiger partial charge in [0.2, 0.25) is 0 Å². The van der Waals surface area contributed by atoms with Crippen LogP contribution in [0, 0.1) is 0 Å². The molecule has 9 heteroatoms. The quantitative estimate of drug-likeness (QED) is 0.799. The highest BCUT2D eigenvalue weighted by molar-refractivity contribution is 7.16. The van der Waals surface area contributed by atoms with Crippen LogP contribution in [-0.4, -0.2) is 46.8 Å². The maximum absolute atomic E-state index is 13.3. The zero-order chi connectivity index (χ0) is 17.0. The number of likely N-dealkylation sites (tertiary alicyclic amines) is 1. The summed E-state index contributed by atoms with van der Waals surface area (Å²) in [7, 11) is 0. The number of aliphatic hydroxyl groups is 1. The van der Waals surface area contributed by atoms with Gasteiger partial charge >= 0.3 is 6.09 Å². The van der Waals surface area contributed by atoms with E-state index < -0.39 is 30.3 Å². The maximum atomic E-state index is 13.3. The molecule has 3 atom stereocenters. The third kappa shape index (κ3) is 2.52. The zero-order valence-corrected chi connectivity index (χ0v) is 13.8. The lowest BCUT2D eigenvalue weighted by atomic mass is 9.78. The molecule has 3 rings (SSSR count). The number of nitrogens with zero attached hydrogens (tertiary/aromatic N) is 1. The summed E-state index contributed by atoms with van der Waals surface area (Å²) in [6.45, 7) is 1.45. The van der Waals surface area contributed by atoms with E-state index in [0.717, 1.165) is 11.3 Å². The molecule has 1 saturated heterocycles. The summed E-state index contributed by atoms with van der Waals surface area (Å²) in [5.41, 5.74) is -3.15. The first-order valence-corrected chi connectivity index (χ1v) is 8.33. The molecule has 0 aliphatic carbocycles. The van der Waals surface area contributed by atoms with Crippen molar-refractivity contribution < 1.29 is 28.5 Å². The van der Waals surface area contributed by atoms with Crippen LogP contribution in [0.2, 0.25) is 4.34 Å². The normalized spacial score (nSPS) is 34.0. The van der Waals surface area contributed by atoms with Gasteiger partial charge in [-0.1, -0.05) is 11.6 Å². The van der Waals surface area contributed by atoms with Gasteiger partial charge in [-0.2, -0.15) is 0 Å². The molecule has 0 radical (unpaired) electrons. The second kappa shape index (κ2) is 5.54. The minimum Gasteiger partial charge on any atom is -0.465 e. The Kier molecular flexibility index (Phi) is 4.07. The Balaban J connectivity index is 2.01. The molecular weight excluding hydrogens is 352 g/mol. The van der Waals surface area contributed by atoms with E-state index in [9.17, 15) is 23.8 Å². The van der Waals surface area contributed by atoms with Gasteiger partial charge in [0.1, 0.15) is 5.60 Å². The van der Waals surface area contributed by atoms with Crippen LogP contribution in [0.1, 0.15) is 30.2 Å². The van der Waals surface area contributed by atoms with Gasteiger partial charge in [-0.15, -0.1) is 11.3 Å². The van der Waals surface area contributed by atoms with Gasteiger partial charge in [0, 0.05) is 29.4 Å². The lowest BCUT2D eigenvalue weighted by Gasteiger charge is -2.49. The number of carbonyl (C=O) groups is 1. The van der Waals surface area contributed by atoms with E-state index in [0.29, 0.717) is 22.1 Å². The van der Waals surface area contributed by atoms with E-state index in [4.69, 9.17) is 16.3 Å². The Hall–Kier alpha value is -0.960. The predicted molar refractivity (Wildman–Crippen MR) is 80.3 cm³/mol. The van der Waals surface area contributed by atoms with Crippen LogP contribution >= 0.6 is 22.9 Å². The molecular formula is C14H16ClF2NO4S. The Morgan fingerprint density at radius 3 is 2.87 bits per heavy atom. The van der Waals surface area contributed by atoms with Gasteiger partial charge in [0.05, 0.1) is 10.9 Å². The monoisotopic (exact) mass is 367 g/mol. The van der Waals surface area contributed by atoms with Crippen molar-refractivity contribution >= 4 is 29.0 Å². The standard InChI is InChI=1S/C14H16ClF2NO4S/c1-7-5-13(2-3-18(7)12(19)20)10-8(4-9(15)23-10)14(21,6-22-13)11(16)17/h4,7,11,21H,2-3,5-6H2,1H3,(H,19,20)/t7-,13+,14?/m0/s1. The third-order valence-electron chi connectivity index (χ3n) is 4.67. The summed E-state index contributed by atoms with van der Waals surface area (Å²) in [6.07, 6.45) is -3.34. The number of amides is 1. The van der Waals surface area contributed by atoms with Crippen LogP contribution < -0.4 is 0 Å². The Morgan fingerprint density at radius 2 is 2.30 bits per heavy atom. The van der Waals surface area contributed by atoms with Crippen molar-refractivity contribution in [3.63, 3.8) is 0 Å². The maximum Gasteiger partial charge on any atom is 0.407 e. The van der Waals surface area contributed by atoms with Gasteiger partial charge in [0.25, 0.3) is 6.43 Å². The van der Waals surface area contributed by atoms with Crippen LogP contribution in [0.25, 0.3) is 0 Å². The van der Waals surface area contributed by atoms with Crippen LogP contribution in [0.5, 0.6) is 0 Å². The van der Waals surface area contributed by atoms with E-state index in [2.05, 4.69) is 0 Å². The first-order valence-electron chi connectivity index (χ1n) is 7.14. The summed E-state index contributed by atoms with van der Waals surface area (Å²) < 4.78 is 32.7. The highest BCUT2D eigenvalue weighted by Crippen LogP contribution is 2.53. The molecule has 3 heterocycles. The van der Waals surface area contributed by atoms with Crippen molar-refractivity contribution in [2.75, 3.05) is 13.2 Å². The fourth-order valence-corrected chi connectivity index (χ4v) is 4.91. The Labute approximate surface area is 140 Å². The summed E-state index contributed by atoms with van der Waals surface area (Å²) in [6, 6.07) is 1.04. The number of fused-ring (bicyclic) bond motifs is 2. The molecule has 5 nitrogen and oxygen atoms in total. The second-order valence-corrected chi connectivity index (χ2v) is 7.76. The highest BCUT2D eigenvalue weighted by atomic mass is 35.5. The van der Waals surface area contributed by atoms with Crippen molar-refractivity contribution in [2.24, 2.45) is 0 Å². The van der Waals surface area contributed by atoms with Crippen molar-refractivity contribution in [1.82, 2.24) is 4.90 Å². The summed E-state index contributed by atoms with van der Waals surface area (Å²) in [5.74, 6) is 0. The molecule has 23 heavy (non-hydrogen) atoms. The first kappa shape index (κ1) is 16.9. The van der Waals surface area contributed by atoms with Crippen molar-refractivity contribution in [3.8, 4) is 0 Å². The molecule has 2 aliphatic heterocycles. The largest absolute Gasteiger partial charge is 0.465 e. The van der Waals surface area contributed by atoms with Gasteiger partial charge in [-0.25, -0.2) is 13.6 Å². The van der Waals surface area contributed by atoms with Gasteiger partial charge in [0.15, 0.2) is 5.60 Å². The van der Waals surface area contributed by atoms with Gasteiger partial charge in [-0.05, 0) is 19.4 Å². The van der Waals surface area contributed by atoms with E-state index in [1.807, 2.05) is 0 Å². The molecule has 0 saturated carbocycles. The number of hydrogen-bond acceptors (Lipinski definition) is 4. The minimum absolute atomic E-state index is 0.102. The lowest BCUT2D eigenvalue weighted by Crippen LogP contribution is -2.55. The molecule has 0 aromatic carbocycles. The van der Waals surface area contributed by atoms with Crippen LogP contribution in [0.4, 0.5) is 13.6 Å². The van der Waals surface area contributed by atoms with Crippen LogP contribution in [-0.2, 0) is 15.9 Å². The number of ether oxygens (including phenoxy) is 1. The van der Waals surface area contributed by atoms with E-state index in [1.165, 1.54) is 11.0 Å². The predicted octanol–water partition coefficient (Wildman–Crippen LogP) is 3.24. The van der Waals surface area contributed by atoms with E-state index >= 15 is 0 Å². The number of carboxylic acid groups (broad SMARTS) is 1. The molecule has 1 aromatic rings. The smallest absolute Gasteiger partial charge is 0.407 e. The number of piperidine rings is 1. The molecule has 1 fully saturated rings. The van der Waals surface area contributed by atoms with Gasteiger partial charge in [-0.3, -0.25) is 0 Å². The van der Waals surface area contributed by atoms with Crippen molar-refractivity contribution in [1.29, 1.82) is 0 Å². The summed E-state index contributed by atoms with van der Waals surface area (Å²) in [4.78, 5) is 13.0. The summed E-state index contributed by atoms with van der Waals surface area (Å²) in [5, 5.41) is 19.5. The third-order valence-corrected chi connectivity index (χ3v) is 6.12. The number of hydrogen-bond donors (Lipinski definition) is 2. The fourth-order valence-electron chi connectivity index (χ4n) is 3.43. The van der Waals surface area contributed by atoms with E-state index in [-0.39, 0.29) is 18.2 Å². The fraction of sp³-hybridized carbons (Fsp3) is 0.643. The topological polar surface area (TPSA) is 70.0 Å². The number of halogens is 3. The molecule has 2 aliphatic rings. The number of thiophene rings is 1. The average Bonchev–Trinajstić information content (AvgIpc) is 2.87. The molecule has 1 unspecified atom stereocenters. The molecule has 1 amide bonds. The molecule has 1 spiro atoms. The second-order valence-electron chi connectivity index (χ2n) is 6.08. The van der Waals surface area contributed by atoms with Crippen molar-refractivity contribution in [3.05, 3.63) is 20.8 Å². The average molecular weight is 368 g/mol. The number of alkyl halides is 2. The summed E-state index contributed by atoms with van der Waals surface area (Å²) >= 11 is 7.11. The van der Waals surface area contributed by atoms with Crippen LogP contribution in [0.15, 0.2) is 6.07 Å². The van der Waals surface area contributed by atoms with Gasteiger partial charge < -0.3 is 19.8 Å². The molecule has 0 bridgehead atoms. The number of rotatable bonds is 1. The lowest BCUT2D eigenvalue weighted by molar-refractivity contribution is -0.208.